The van der Waals surface area contributed by atoms with E-state index in [9.17, 15) is 8.42 Å². The van der Waals surface area contributed by atoms with Gasteiger partial charge in [-0.1, -0.05) is 71.6 Å². The molecular weight excluding hydrogens is 346 g/mol. The van der Waals surface area contributed by atoms with Crippen LogP contribution >= 0.6 is 0 Å². The van der Waals surface area contributed by atoms with Crippen LogP contribution in [0.2, 0.25) is 0 Å². The molecule has 0 amide bonds. The van der Waals surface area contributed by atoms with Gasteiger partial charge in [0.15, 0.2) is 0 Å². The maximum atomic E-state index is 11.0. The van der Waals surface area contributed by atoms with E-state index in [-0.39, 0.29) is 5.75 Å². The molecule has 0 bridgehead atoms. The third-order valence-corrected chi connectivity index (χ3v) is 6.46. The Labute approximate surface area is 164 Å². The molecule has 0 saturated carbocycles. The topological polar surface area (TPSA) is 54.4 Å². The fraction of sp³-hybridized carbons (Fsp3) is 1.00. The van der Waals surface area contributed by atoms with E-state index in [1.165, 1.54) is 83.5 Å². The van der Waals surface area contributed by atoms with Crippen LogP contribution in [0, 0.1) is 0 Å². The lowest BCUT2D eigenvalue weighted by atomic mass is 9.97. The van der Waals surface area contributed by atoms with Crippen molar-refractivity contribution in [2.45, 2.75) is 110 Å². The minimum Gasteiger partial charge on any atom is -0.326 e. The minimum absolute atomic E-state index is 0.116. The Bertz CT molecular complexity index is 421. The number of hydrogen-bond acceptors (Lipinski definition) is 2. The largest absolute Gasteiger partial charge is 0.326 e. The van der Waals surface area contributed by atoms with Crippen molar-refractivity contribution >= 4 is 10.1 Å². The molecule has 1 unspecified atom stereocenters. The summed E-state index contributed by atoms with van der Waals surface area (Å²) >= 11 is 0. The predicted octanol–water partition coefficient (Wildman–Crippen LogP) is 5.82. The lowest BCUT2D eigenvalue weighted by Gasteiger charge is -2.38. The summed E-state index contributed by atoms with van der Waals surface area (Å²) in [5.41, 5.74) is 0. The molecule has 0 saturated heterocycles. The summed E-state index contributed by atoms with van der Waals surface area (Å²) in [6, 6.07) is 0.601. The maximum absolute atomic E-state index is 11.0. The number of unbranched alkanes of at least 4 members (excludes halogenated alkanes) is 9. The van der Waals surface area contributed by atoms with Crippen LogP contribution in [0.5, 0.6) is 0 Å². The van der Waals surface area contributed by atoms with Crippen LogP contribution in [-0.2, 0) is 10.1 Å². The number of rotatable bonds is 18. The van der Waals surface area contributed by atoms with E-state index in [0.717, 1.165) is 11.0 Å². The van der Waals surface area contributed by atoms with Gasteiger partial charge >= 0.3 is 0 Å². The first-order valence-corrected chi connectivity index (χ1v) is 12.6. The Morgan fingerprint density at radius 3 is 1.62 bits per heavy atom. The molecule has 0 rings (SSSR count). The average molecular weight is 393 g/mol. The van der Waals surface area contributed by atoms with Gasteiger partial charge in [0, 0.05) is 6.42 Å². The monoisotopic (exact) mass is 392 g/mol. The zero-order valence-corrected chi connectivity index (χ0v) is 18.8. The molecule has 0 spiro atoms. The fourth-order valence-corrected chi connectivity index (χ4v) is 4.32. The number of hydrogen-bond donors (Lipinski definition) is 1. The van der Waals surface area contributed by atoms with E-state index >= 15 is 0 Å². The van der Waals surface area contributed by atoms with Crippen LogP contribution in [0.15, 0.2) is 0 Å². The van der Waals surface area contributed by atoms with E-state index < -0.39 is 10.1 Å². The third kappa shape index (κ3) is 15.0. The Morgan fingerprint density at radius 2 is 1.15 bits per heavy atom. The minimum atomic E-state index is -3.84. The molecule has 0 aromatic carbocycles. The Balaban J connectivity index is 4.36. The van der Waals surface area contributed by atoms with Gasteiger partial charge < -0.3 is 4.48 Å². The van der Waals surface area contributed by atoms with Gasteiger partial charge in [-0.3, -0.25) is 4.55 Å². The molecule has 158 valence electrons. The van der Waals surface area contributed by atoms with Gasteiger partial charge in [0.25, 0.3) is 10.1 Å². The standard InChI is InChI=1S/C21H45NO3S/c1-5-7-9-11-12-13-15-18-21(17-14-10-8-6-2)22(3,4)19-16-20-26(23,24)25/h21H,5-20H2,1-4H3/p+1. The van der Waals surface area contributed by atoms with Crippen LogP contribution in [0.3, 0.4) is 0 Å². The molecule has 0 fully saturated rings. The second-order valence-electron chi connectivity index (χ2n) is 8.55. The molecule has 4 nitrogen and oxygen atoms in total. The molecule has 0 aliphatic heterocycles. The molecule has 1 N–H and O–H groups in total. The fourth-order valence-electron chi connectivity index (χ4n) is 3.82. The summed E-state index contributed by atoms with van der Waals surface area (Å²) in [5.74, 6) is -0.116. The van der Waals surface area contributed by atoms with Crippen LogP contribution in [0.1, 0.15) is 104 Å². The Morgan fingerprint density at radius 1 is 0.731 bits per heavy atom. The first-order valence-electron chi connectivity index (χ1n) is 11.0. The SMILES string of the molecule is CCCCCCCCCC(CCCCCC)[N+](C)(C)CCCS(=O)(=O)O. The Hall–Kier alpha value is -0.130. The first-order chi connectivity index (χ1) is 12.2. The van der Waals surface area contributed by atoms with E-state index in [0.29, 0.717) is 12.5 Å². The lowest BCUT2D eigenvalue weighted by Crippen LogP contribution is -2.49. The second-order valence-corrected chi connectivity index (χ2v) is 10.1. The molecular formula is C21H46NO3S+. The van der Waals surface area contributed by atoms with E-state index in [2.05, 4.69) is 27.9 Å². The predicted molar refractivity (Wildman–Crippen MR) is 113 cm³/mol. The van der Waals surface area contributed by atoms with Gasteiger partial charge in [-0.05, 0) is 25.7 Å². The van der Waals surface area contributed by atoms with Gasteiger partial charge in [-0.2, -0.15) is 8.42 Å². The van der Waals surface area contributed by atoms with Gasteiger partial charge in [0.05, 0.1) is 32.4 Å². The highest BCUT2D eigenvalue weighted by Gasteiger charge is 2.27. The average Bonchev–Trinajstić information content (AvgIpc) is 2.54. The summed E-state index contributed by atoms with van der Waals surface area (Å²) in [7, 11) is 0.625. The summed E-state index contributed by atoms with van der Waals surface area (Å²) in [6.07, 6.45) is 17.5. The quantitative estimate of drug-likeness (QED) is 0.182. The molecule has 0 radical (unpaired) electrons. The highest BCUT2D eigenvalue weighted by molar-refractivity contribution is 7.85. The molecule has 0 aliphatic carbocycles. The number of quaternary nitrogens is 1. The first kappa shape index (κ1) is 25.9. The van der Waals surface area contributed by atoms with E-state index in [4.69, 9.17) is 4.55 Å². The highest BCUT2D eigenvalue weighted by Crippen LogP contribution is 2.22. The number of nitrogens with zero attached hydrogens (tertiary/aromatic N) is 1. The van der Waals surface area contributed by atoms with Gasteiger partial charge in [0.2, 0.25) is 0 Å². The molecule has 1 atom stereocenters. The molecule has 0 heterocycles. The van der Waals surface area contributed by atoms with Crippen molar-refractivity contribution in [3.05, 3.63) is 0 Å². The highest BCUT2D eigenvalue weighted by atomic mass is 32.2. The molecule has 5 heteroatoms. The normalized spacial score (nSPS) is 13.9. The lowest BCUT2D eigenvalue weighted by molar-refractivity contribution is -0.915. The Kier molecular flexibility index (Phi) is 14.8. The third-order valence-electron chi connectivity index (χ3n) is 5.66. The van der Waals surface area contributed by atoms with Crippen molar-refractivity contribution in [1.29, 1.82) is 0 Å². The molecule has 0 aromatic heterocycles. The zero-order chi connectivity index (χ0) is 19.9. The van der Waals surface area contributed by atoms with Crippen molar-refractivity contribution < 1.29 is 17.5 Å². The van der Waals surface area contributed by atoms with E-state index in [1.54, 1.807) is 0 Å². The summed E-state index contributed by atoms with van der Waals surface area (Å²) in [5, 5.41) is 0. The van der Waals surface area contributed by atoms with Crippen molar-refractivity contribution in [3.8, 4) is 0 Å². The van der Waals surface area contributed by atoms with Gasteiger partial charge in [-0.15, -0.1) is 0 Å². The van der Waals surface area contributed by atoms with Crippen LogP contribution in [-0.4, -0.2) is 49.9 Å². The van der Waals surface area contributed by atoms with Crippen molar-refractivity contribution in [1.82, 2.24) is 0 Å². The molecule has 26 heavy (non-hydrogen) atoms. The summed E-state index contributed by atoms with van der Waals surface area (Å²) < 4.78 is 31.9. The summed E-state index contributed by atoms with van der Waals surface area (Å²) in [4.78, 5) is 0. The smallest absolute Gasteiger partial charge is 0.265 e. The second kappa shape index (κ2) is 14.9. The zero-order valence-electron chi connectivity index (χ0n) is 18.0. The van der Waals surface area contributed by atoms with Gasteiger partial charge in [0.1, 0.15) is 0 Å². The van der Waals surface area contributed by atoms with Crippen LogP contribution in [0.4, 0.5) is 0 Å². The molecule has 0 aliphatic rings. The summed E-state index contributed by atoms with van der Waals surface area (Å²) in [6.45, 7) is 5.31. The van der Waals surface area contributed by atoms with Crippen LogP contribution < -0.4 is 0 Å². The van der Waals surface area contributed by atoms with E-state index in [1.807, 2.05) is 0 Å². The maximum Gasteiger partial charge on any atom is 0.265 e. The van der Waals surface area contributed by atoms with Crippen molar-refractivity contribution in [2.24, 2.45) is 0 Å². The van der Waals surface area contributed by atoms with Crippen LogP contribution in [0.25, 0.3) is 0 Å². The van der Waals surface area contributed by atoms with Crippen molar-refractivity contribution in [3.63, 3.8) is 0 Å². The molecule has 0 aromatic rings. The van der Waals surface area contributed by atoms with Gasteiger partial charge in [-0.25, -0.2) is 0 Å². The van der Waals surface area contributed by atoms with Crippen molar-refractivity contribution in [2.75, 3.05) is 26.4 Å².